The van der Waals surface area contributed by atoms with Gasteiger partial charge >= 0.3 is 0 Å². The van der Waals surface area contributed by atoms with Gasteiger partial charge in [-0.2, -0.15) is 0 Å². The molecule has 2 heteroatoms. The largest absolute Gasteiger partial charge is 0.390 e. The molecule has 0 unspecified atom stereocenters. The Balaban J connectivity index is 2.46. The smallest absolute Gasteiger partial charge is 0.0814 e. The van der Waals surface area contributed by atoms with Crippen LogP contribution < -0.4 is 5.32 Å². The zero-order chi connectivity index (χ0) is 6.69. The van der Waals surface area contributed by atoms with Crippen LogP contribution in [0.15, 0.2) is 0 Å². The van der Waals surface area contributed by atoms with Crippen molar-refractivity contribution < 1.29 is 5.11 Å². The zero-order valence-corrected chi connectivity index (χ0v) is 5.52. The third-order valence-electron chi connectivity index (χ3n) is 1.51. The van der Waals surface area contributed by atoms with Crippen molar-refractivity contribution in [1.82, 2.24) is 5.32 Å². The molecule has 9 heavy (non-hydrogen) atoms. The van der Waals surface area contributed by atoms with Gasteiger partial charge in [0, 0.05) is 13.1 Å². The summed E-state index contributed by atoms with van der Waals surface area (Å²) in [7, 11) is 0. The Labute approximate surface area is 55.3 Å². The standard InChI is InChI=1S/C7H11NO/c1-2-3-6-4-8-5-7(6)9/h6-9H,4-5H2,1H3/t6-,7-/m1/s1. The first-order chi connectivity index (χ1) is 4.34. The van der Waals surface area contributed by atoms with E-state index in [1.54, 1.807) is 6.92 Å². The molecule has 50 valence electrons. The molecule has 1 fully saturated rings. The summed E-state index contributed by atoms with van der Waals surface area (Å²) in [4.78, 5) is 0. The molecule has 2 N–H and O–H groups in total. The summed E-state index contributed by atoms with van der Waals surface area (Å²) < 4.78 is 0. The fourth-order valence-corrected chi connectivity index (χ4v) is 0.998. The van der Waals surface area contributed by atoms with Crippen LogP contribution in [0.25, 0.3) is 0 Å². The Bertz CT molecular complexity index is 145. The van der Waals surface area contributed by atoms with Crippen LogP contribution in [0.3, 0.4) is 0 Å². The van der Waals surface area contributed by atoms with Crippen LogP contribution >= 0.6 is 0 Å². The first kappa shape index (κ1) is 6.60. The molecule has 0 saturated carbocycles. The predicted octanol–water partition coefficient (Wildman–Crippen LogP) is -0.410. The number of aliphatic hydroxyl groups excluding tert-OH is 1. The van der Waals surface area contributed by atoms with Gasteiger partial charge in [-0.25, -0.2) is 0 Å². The van der Waals surface area contributed by atoms with Gasteiger partial charge in [-0.05, 0) is 6.92 Å². The first-order valence-corrected chi connectivity index (χ1v) is 3.15. The predicted molar refractivity (Wildman–Crippen MR) is 35.8 cm³/mol. The van der Waals surface area contributed by atoms with Crippen LogP contribution in [0.4, 0.5) is 0 Å². The van der Waals surface area contributed by atoms with Crippen molar-refractivity contribution in [2.45, 2.75) is 13.0 Å². The summed E-state index contributed by atoms with van der Waals surface area (Å²) in [5.74, 6) is 5.88. The molecular formula is C7H11NO. The van der Waals surface area contributed by atoms with E-state index in [4.69, 9.17) is 5.11 Å². The van der Waals surface area contributed by atoms with Crippen LogP contribution in [0.5, 0.6) is 0 Å². The highest BCUT2D eigenvalue weighted by Gasteiger charge is 2.22. The Hall–Kier alpha value is -0.520. The van der Waals surface area contributed by atoms with Gasteiger partial charge in [0.2, 0.25) is 0 Å². The van der Waals surface area contributed by atoms with E-state index in [2.05, 4.69) is 17.2 Å². The van der Waals surface area contributed by atoms with Crippen molar-refractivity contribution in [3.63, 3.8) is 0 Å². The van der Waals surface area contributed by atoms with Crippen molar-refractivity contribution in [3.8, 4) is 11.8 Å². The van der Waals surface area contributed by atoms with E-state index >= 15 is 0 Å². The molecule has 2 nitrogen and oxygen atoms in total. The fourth-order valence-electron chi connectivity index (χ4n) is 0.998. The van der Waals surface area contributed by atoms with Crippen LogP contribution in [0.2, 0.25) is 0 Å². The van der Waals surface area contributed by atoms with E-state index in [1.807, 2.05) is 0 Å². The van der Waals surface area contributed by atoms with E-state index in [0.29, 0.717) is 6.54 Å². The molecule has 0 bridgehead atoms. The molecule has 0 aliphatic carbocycles. The summed E-state index contributed by atoms with van der Waals surface area (Å²) in [6, 6.07) is 0. The van der Waals surface area contributed by atoms with Crippen molar-refractivity contribution >= 4 is 0 Å². The lowest BCUT2D eigenvalue weighted by Gasteiger charge is -2.02. The van der Waals surface area contributed by atoms with Gasteiger partial charge in [-0.1, -0.05) is 5.92 Å². The van der Waals surface area contributed by atoms with Gasteiger partial charge in [-0.3, -0.25) is 0 Å². The maximum atomic E-state index is 9.16. The summed E-state index contributed by atoms with van der Waals surface area (Å²) in [5, 5.41) is 12.2. The number of hydrogen-bond acceptors (Lipinski definition) is 2. The maximum Gasteiger partial charge on any atom is 0.0814 e. The van der Waals surface area contributed by atoms with Crippen LogP contribution in [-0.2, 0) is 0 Å². The van der Waals surface area contributed by atoms with E-state index in [0.717, 1.165) is 6.54 Å². The summed E-state index contributed by atoms with van der Waals surface area (Å²) in [6.07, 6.45) is -0.252. The molecule has 1 aliphatic heterocycles. The molecule has 1 saturated heterocycles. The molecule has 0 aromatic rings. The second-order valence-corrected chi connectivity index (χ2v) is 2.23. The van der Waals surface area contributed by atoms with E-state index in [-0.39, 0.29) is 12.0 Å². The summed E-state index contributed by atoms with van der Waals surface area (Å²) >= 11 is 0. The molecule has 0 amide bonds. The summed E-state index contributed by atoms with van der Waals surface area (Å²) in [5.41, 5.74) is 0. The minimum Gasteiger partial charge on any atom is -0.390 e. The van der Waals surface area contributed by atoms with Gasteiger partial charge in [-0.15, -0.1) is 5.92 Å². The van der Waals surface area contributed by atoms with Crippen molar-refractivity contribution in [2.24, 2.45) is 5.92 Å². The van der Waals surface area contributed by atoms with E-state index in [1.165, 1.54) is 0 Å². The van der Waals surface area contributed by atoms with Crippen molar-refractivity contribution in [2.75, 3.05) is 13.1 Å². The highest BCUT2D eigenvalue weighted by Crippen LogP contribution is 2.05. The van der Waals surface area contributed by atoms with Crippen molar-refractivity contribution in [1.29, 1.82) is 0 Å². The minimum atomic E-state index is -0.252. The minimum absolute atomic E-state index is 0.162. The Morgan fingerprint density at radius 1 is 1.56 bits per heavy atom. The number of β-amino-alcohol motifs (C(OH)–C–C–N with tert-alkyl or cyclic N) is 1. The Morgan fingerprint density at radius 2 is 2.33 bits per heavy atom. The quantitative estimate of drug-likeness (QED) is 0.431. The van der Waals surface area contributed by atoms with Gasteiger partial charge in [0.15, 0.2) is 0 Å². The van der Waals surface area contributed by atoms with Crippen LogP contribution in [0.1, 0.15) is 6.92 Å². The lowest BCUT2D eigenvalue weighted by molar-refractivity contribution is 0.171. The second-order valence-electron chi connectivity index (χ2n) is 2.23. The molecule has 0 spiro atoms. The Morgan fingerprint density at radius 3 is 2.78 bits per heavy atom. The first-order valence-electron chi connectivity index (χ1n) is 3.15. The maximum absolute atomic E-state index is 9.16. The van der Waals surface area contributed by atoms with Crippen LogP contribution in [-0.4, -0.2) is 24.3 Å². The normalized spacial score (nSPS) is 33.6. The molecule has 0 aromatic carbocycles. The van der Waals surface area contributed by atoms with Gasteiger partial charge < -0.3 is 10.4 Å². The highest BCUT2D eigenvalue weighted by atomic mass is 16.3. The lowest BCUT2D eigenvalue weighted by atomic mass is 10.1. The Kier molecular flexibility index (Phi) is 2.10. The van der Waals surface area contributed by atoms with Gasteiger partial charge in [0.1, 0.15) is 0 Å². The molecule has 0 radical (unpaired) electrons. The average Bonchev–Trinajstić information content (AvgIpc) is 2.18. The number of hydrogen-bond donors (Lipinski definition) is 2. The monoisotopic (exact) mass is 125 g/mol. The number of rotatable bonds is 0. The molecule has 1 rings (SSSR count). The number of aliphatic hydroxyl groups is 1. The average molecular weight is 125 g/mol. The molecule has 1 aliphatic rings. The second kappa shape index (κ2) is 2.86. The lowest BCUT2D eigenvalue weighted by Crippen LogP contribution is -2.15. The third kappa shape index (κ3) is 1.44. The molecule has 0 aromatic heterocycles. The van der Waals surface area contributed by atoms with Gasteiger partial charge in [0.05, 0.1) is 12.0 Å². The fraction of sp³-hybridized carbons (Fsp3) is 0.714. The summed E-state index contributed by atoms with van der Waals surface area (Å²) in [6.45, 7) is 3.33. The number of nitrogens with one attached hydrogen (secondary N) is 1. The van der Waals surface area contributed by atoms with Crippen LogP contribution in [0, 0.1) is 17.8 Å². The van der Waals surface area contributed by atoms with E-state index in [9.17, 15) is 0 Å². The topological polar surface area (TPSA) is 32.3 Å². The zero-order valence-electron chi connectivity index (χ0n) is 5.52. The molecule has 1 heterocycles. The van der Waals surface area contributed by atoms with Crippen molar-refractivity contribution in [3.05, 3.63) is 0 Å². The molecule has 2 atom stereocenters. The van der Waals surface area contributed by atoms with Gasteiger partial charge in [0.25, 0.3) is 0 Å². The molecular weight excluding hydrogens is 114 g/mol. The SMILES string of the molecule is CC#C[C@@H]1CNC[C@H]1O. The highest BCUT2D eigenvalue weighted by molar-refractivity contribution is 5.06. The van der Waals surface area contributed by atoms with E-state index < -0.39 is 0 Å². The third-order valence-corrected chi connectivity index (χ3v) is 1.51.